The van der Waals surface area contributed by atoms with Crippen LogP contribution in [0.25, 0.3) is 0 Å². The van der Waals surface area contributed by atoms with Gasteiger partial charge in [-0.1, -0.05) is 0 Å². The van der Waals surface area contributed by atoms with Gasteiger partial charge in [-0.05, 0) is 43.4 Å². The van der Waals surface area contributed by atoms with E-state index in [0.29, 0.717) is 5.56 Å². The van der Waals surface area contributed by atoms with Gasteiger partial charge < -0.3 is 5.32 Å². The summed E-state index contributed by atoms with van der Waals surface area (Å²) in [4.78, 5) is 4.67. The van der Waals surface area contributed by atoms with Gasteiger partial charge in [0.2, 0.25) is 0 Å². The molecule has 0 bridgehead atoms. The fourth-order valence-corrected chi connectivity index (χ4v) is 2.81. The maximum atomic E-state index is 9.30. The molecule has 0 unspecified atom stereocenters. The number of aryl methyl sites for hydroxylation is 3. The summed E-state index contributed by atoms with van der Waals surface area (Å²) in [6.07, 6.45) is 7.13. The Morgan fingerprint density at radius 2 is 2.24 bits per heavy atom. The Hall–Kier alpha value is -2.35. The van der Waals surface area contributed by atoms with E-state index in [0.717, 1.165) is 37.3 Å². The van der Waals surface area contributed by atoms with Gasteiger partial charge >= 0.3 is 0 Å². The van der Waals surface area contributed by atoms with Crippen LogP contribution >= 0.6 is 0 Å². The molecule has 3 rings (SSSR count). The Balaban J connectivity index is 1.72. The van der Waals surface area contributed by atoms with Crippen molar-refractivity contribution >= 4 is 5.82 Å². The lowest BCUT2D eigenvalue weighted by Crippen LogP contribution is -2.13. The molecule has 0 radical (unpaired) electrons. The highest BCUT2D eigenvalue weighted by Gasteiger charge is 2.14. The molecule has 0 amide bonds. The highest BCUT2D eigenvalue weighted by Crippen LogP contribution is 2.24. The standard InChI is InChI=1S/C16H19N5/c1-21-14(7-9-19-21)6-8-18-16-13(11-17)10-12-4-2-3-5-15(12)20-16/h7,9-10H,2-6,8H2,1H3,(H,18,20). The van der Waals surface area contributed by atoms with E-state index in [2.05, 4.69) is 21.5 Å². The molecular weight excluding hydrogens is 262 g/mol. The van der Waals surface area contributed by atoms with Crippen LogP contribution < -0.4 is 5.32 Å². The molecule has 0 saturated carbocycles. The molecule has 2 aromatic heterocycles. The predicted octanol–water partition coefficient (Wildman–Crippen LogP) is 2.22. The third kappa shape index (κ3) is 2.89. The molecule has 5 nitrogen and oxygen atoms in total. The molecule has 1 N–H and O–H groups in total. The number of hydrogen-bond acceptors (Lipinski definition) is 4. The lowest BCUT2D eigenvalue weighted by atomic mass is 9.95. The number of nitrogens with zero attached hydrogens (tertiary/aromatic N) is 4. The van der Waals surface area contributed by atoms with Crippen LogP contribution in [0.3, 0.4) is 0 Å². The van der Waals surface area contributed by atoms with Crippen LogP contribution in [0.2, 0.25) is 0 Å². The second-order valence-corrected chi connectivity index (χ2v) is 5.43. The van der Waals surface area contributed by atoms with Gasteiger partial charge in [-0.15, -0.1) is 0 Å². The van der Waals surface area contributed by atoms with Crippen LogP contribution in [0.15, 0.2) is 18.3 Å². The van der Waals surface area contributed by atoms with Gasteiger partial charge in [0.1, 0.15) is 11.9 Å². The van der Waals surface area contributed by atoms with Crippen molar-refractivity contribution < 1.29 is 0 Å². The molecule has 5 heteroatoms. The minimum Gasteiger partial charge on any atom is -0.369 e. The molecule has 1 aliphatic rings. The van der Waals surface area contributed by atoms with Crippen LogP contribution in [-0.4, -0.2) is 21.3 Å². The quantitative estimate of drug-likeness (QED) is 0.933. The molecule has 108 valence electrons. The first kappa shape index (κ1) is 13.6. The van der Waals surface area contributed by atoms with Gasteiger partial charge in [0.15, 0.2) is 0 Å². The molecule has 0 aliphatic heterocycles. The van der Waals surface area contributed by atoms with Crippen molar-refractivity contribution in [1.82, 2.24) is 14.8 Å². The summed E-state index contributed by atoms with van der Waals surface area (Å²) >= 11 is 0. The van der Waals surface area contributed by atoms with Crippen LogP contribution in [0, 0.1) is 11.3 Å². The fraction of sp³-hybridized carbons (Fsp3) is 0.438. The van der Waals surface area contributed by atoms with Crippen LogP contribution in [-0.2, 0) is 26.3 Å². The number of aromatic nitrogens is 3. The van der Waals surface area contributed by atoms with Crippen molar-refractivity contribution in [1.29, 1.82) is 5.26 Å². The van der Waals surface area contributed by atoms with Gasteiger partial charge in [0.25, 0.3) is 0 Å². The third-order valence-electron chi connectivity index (χ3n) is 4.02. The third-order valence-corrected chi connectivity index (χ3v) is 4.02. The predicted molar refractivity (Wildman–Crippen MR) is 81.0 cm³/mol. The monoisotopic (exact) mass is 281 g/mol. The summed E-state index contributed by atoms with van der Waals surface area (Å²) in [5, 5.41) is 16.8. The summed E-state index contributed by atoms with van der Waals surface area (Å²) in [7, 11) is 1.94. The fourth-order valence-electron chi connectivity index (χ4n) is 2.81. The van der Waals surface area contributed by atoms with E-state index in [4.69, 9.17) is 0 Å². The molecule has 1 aliphatic carbocycles. The Kier molecular flexibility index (Phi) is 3.87. The number of rotatable bonds is 4. The Morgan fingerprint density at radius 1 is 1.38 bits per heavy atom. The zero-order chi connectivity index (χ0) is 14.7. The van der Waals surface area contributed by atoms with Crippen molar-refractivity contribution in [3.63, 3.8) is 0 Å². The van der Waals surface area contributed by atoms with Gasteiger partial charge in [0, 0.05) is 37.6 Å². The van der Waals surface area contributed by atoms with Gasteiger partial charge in [-0.2, -0.15) is 10.4 Å². The zero-order valence-electron chi connectivity index (χ0n) is 12.3. The van der Waals surface area contributed by atoms with E-state index in [9.17, 15) is 5.26 Å². The maximum Gasteiger partial charge on any atom is 0.144 e. The SMILES string of the molecule is Cn1nccc1CCNc1nc2c(cc1C#N)CCCC2. The normalized spacial score (nSPS) is 13.5. The molecule has 0 fully saturated rings. The van der Waals surface area contributed by atoms with Crippen LogP contribution in [0.1, 0.15) is 35.4 Å². The molecule has 2 aromatic rings. The average Bonchev–Trinajstić information content (AvgIpc) is 2.92. The molecule has 21 heavy (non-hydrogen) atoms. The van der Waals surface area contributed by atoms with Crippen molar-refractivity contribution in [2.45, 2.75) is 32.1 Å². The number of fused-ring (bicyclic) bond motifs is 1. The molecule has 0 atom stereocenters. The van der Waals surface area contributed by atoms with Crippen LogP contribution in [0.4, 0.5) is 5.82 Å². The number of hydrogen-bond donors (Lipinski definition) is 1. The Bertz CT molecular complexity index is 680. The molecular formula is C16H19N5. The largest absolute Gasteiger partial charge is 0.369 e. The summed E-state index contributed by atoms with van der Waals surface area (Å²) in [5.41, 5.74) is 4.22. The summed E-state index contributed by atoms with van der Waals surface area (Å²) in [5.74, 6) is 0.723. The maximum absolute atomic E-state index is 9.30. The van der Waals surface area contributed by atoms with E-state index < -0.39 is 0 Å². The second-order valence-electron chi connectivity index (χ2n) is 5.43. The van der Waals surface area contributed by atoms with Crippen molar-refractivity contribution in [3.05, 3.63) is 40.8 Å². The molecule has 0 aromatic carbocycles. The van der Waals surface area contributed by atoms with E-state index in [1.807, 2.05) is 23.9 Å². The summed E-state index contributed by atoms with van der Waals surface area (Å²) < 4.78 is 1.87. The number of anilines is 1. The Morgan fingerprint density at radius 3 is 3.00 bits per heavy atom. The number of nitriles is 1. The van der Waals surface area contributed by atoms with Gasteiger partial charge in [-0.3, -0.25) is 4.68 Å². The molecule has 0 saturated heterocycles. The second kappa shape index (κ2) is 5.96. The van der Waals surface area contributed by atoms with Crippen molar-refractivity contribution in [3.8, 4) is 6.07 Å². The summed E-state index contributed by atoms with van der Waals surface area (Å²) in [6.45, 7) is 0.750. The smallest absolute Gasteiger partial charge is 0.144 e. The van der Waals surface area contributed by atoms with E-state index >= 15 is 0 Å². The van der Waals surface area contributed by atoms with E-state index in [1.165, 1.54) is 24.1 Å². The minimum atomic E-state index is 0.653. The lowest BCUT2D eigenvalue weighted by Gasteiger charge is -2.17. The van der Waals surface area contributed by atoms with E-state index in [-0.39, 0.29) is 0 Å². The van der Waals surface area contributed by atoms with Gasteiger partial charge in [0.05, 0.1) is 5.56 Å². The Labute approximate surface area is 124 Å². The molecule has 2 heterocycles. The van der Waals surface area contributed by atoms with E-state index in [1.54, 1.807) is 6.20 Å². The van der Waals surface area contributed by atoms with Crippen molar-refractivity contribution in [2.75, 3.05) is 11.9 Å². The minimum absolute atomic E-state index is 0.653. The zero-order valence-corrected chi connectivity index (χ0v) is 12.3. The average molecular weight is 281 g/mol. The first-order chi connectivity index (χ1) is 10.3. The lowest BCUT2D eigenvalue weighted by molar-refractivity contribution is 0.667. The first-order valence-electron chi connectivity index (χ1n) is 7.41. The first-order valence-corrected chi connectivity index (χ1v) is 7.41. The topological polar surface area (TPSA) is 66.5 Å². The highest BCUT2D eigenvalue weighted by molar-refractivity contribution is 5.54. The number of nitrogens with one attached hydrogen (secondary N) is 1. The number of pyridine rings is 1. The molecule has 0 spiro atoms. The summed E-state index contributed by atoms with van der Waals surface area (Å²) in [6, 6.07) is 6.27. The van der Waals surface area contributed by atoms with Gasteiger partial charge in [-0.25, -0.2) is 4.98 Å². The van der Waals surface area contributed by atoms with Crippen LogP contribution in [0.5, 0.6) is 0 Å². The highest BCUT2D eigenvalue weighted by atomic mass is 15.3. The van der Waals surface area contributed by atoms with Crippen molar-refractivity contribution in [2.24, 2.45) is 7.05 Å².